The number of carbonyl (C=O) groups is 2. The quantitative estimate of drug-likeness (QED) is 0.653. The highest BCUT2D eigenvalue weighted by Crippen LogP contribution is 2.36. The van der Waals surface area contributed by atoms with Gasteiger partial charge < -0.3 is 15.4 Å². The summed E-state index contributed by atoms with van der Waals surface area (Å²) in [7, 11) is -3.74. The zero-order valence-electron chi connectivity index (χ0n) is 20.3. The van der Waals surface area contributed by atoms with Crippen LogP contribution in [0.1, 0.15) is 76.7 Å². The zero-order valence-corrected chi connectivity index (χ0v) is 21.1. The molecule has 3 aliphatic rings. The van der Waals surface area contributed by atoms with E-state index in [-0.39, 0.29) is 28.7 Å². The van der Waals surface area contributed by atoms with Gasteiger partial charge in [-0.25, -0.2) is 8.42 Å². The van der Waals surface area contributed by atoms with Crippen LogP contribution in [0.3, 0.4) is 0 Å². The molecule has 9 heteroatoms. The second-order valence-corrected chi connectivity index (χ2v) is 11.8. The van der Waals surface area contributed by atoms with Crippen molar-refractivity contribution in [1.82, 2.24) is 9.62 Å². The standard InChI is InChI=1S/C25H37N3O5S/c1-3-21-25(30)27-20-15-17(2)23(16-22(20)33-21)34(31,32)28-13-11-18(12-14-28)24(29)26-19-9-7-5-4-6-8-10-19/h15-16,18-19,21H,3-14H2,1-2H3,(H,26,29)(H,27,30)/t21-/m1/s1. The topological polar surface area (TPSA) is 105 Å². The molecule has 188 valence electrons. The second kappa shape index (κ2) is 10.6. The normalized spacial score (nSPS) is 23.2. The van der Waals surface area contributed by atoms with Crippen LogP contribution in [0.4, 0.5) is 5.69 Å². The number of benzene rings is 1. The van der Waals surface area contributed by atoms with Crippen molar-refractivity contribution in [3.63, 3.8) is 0 Å². The van der Waals surface area contributed by atoms with Gasteiger partial charge in [-0.05, 0) is 50.7 Å². The Hall–Kier alpha value is -2.13. The molecule has 2 fully saturated rings. The van der Waals surface area contributed by atoms with E-state index in [0.717, 1.165) is 25.7 Å². The number of rotatable bonds is 5. The number of nitrogens with zero attached hydrogens (tertiary/aromatic N) is 1. The van der Waals surface area contributed by atoms with Crippen molar-refractivity contribution in [2.45, 2.75) is 95.1 Å². The summed E-state index contributed by atoms with van der Waals surface area (Å²) in [4.78, 5) is 25.1. The summed E-state index contributed by atoms with van der Waals surface area (Å²) < 4.78 is 34.1. The second-order valence-electron chi connectivity index (χ2n) is 9.85. The molecule has 1 aromatic carbocycles. The summed E-state index contributed by atoms with van der Waals surface area (Å²) in [5.41, 5.74) is 1.05. The van der Waals surface area contributed by atoms with Crippen LogP contribution in [0.25, 0.3) is 0 Å². The first-order valence-corrected chi connectivity index (χ1v) is 14.2. The van der Waals surface area contributed by atoms with Gasteiger partial charge in [-0.2, -0.15) is 4.31 Å². The molecule has 1 saturated carbocycles. The van der Waals surface area contributed by atoms with Crippen molar-refractivity contribution in [1.29, 1.82) is 0 Å². The minimum Gasteiger partial charge on any atom is -0.478 e. The Morgan fingerprint density at radius 1 is 1.09 bits per heavy atom. The molecule has 0 aromatic heterocycles. The lowest BCUT2D eigenvalue weighted by atomic mass is 9.94. The van der Waals surface area contributed by atoms with E-state index in [4.69, 9.17) is 4.74 Å². The average molecular weight is 492 g/mol. The number of piperidine rings is 1. The maximum Gasteiger partial charge on any atom is 0.265 e. The number of nitrogens with one attached hydrogen (secondary N) is 2. The van der Waals surface area contributed by atoms with Crippen LogP contribution in [-0.2, 0) is 19.6 Å². The summed E-state index contributed by atoms with van der Waals surface area (Å²) >= 11 is 0. The number of ether oxygens (including phenoxy) is 1. The van der Waals surface area contributed by atoms with Gasteiger partial charge in [-0.3, -0.25) is 9.59 Å². The first-order valence-electron chi connectivity index (χ1n) is 12.7. The molecule has 2 amide bonds. The van der Waals surface area contributed by atoms with Crippen molar-refractivity contribution in [2.24, 2.45) is 5.92 Å². The third kappa shape index (κ3) is 5.40. The Balaban J connectivity index is 1.40. The minimum absolute atomic E-state index is 0.0716. The third-order valence-corrected chi connectivity index (χ3v) is 9.40. The molecule has 0 bridgehead atoms. The smallest absolute Gasteiger partial charge is 0.265 e. The van der Waals surface area contributed by atoms with Gasteiger partial charge in [0.25, 0.3) is 5.91 Å². The number of amides is 2. The number of anilines is 1. The summed E-state index contributed by atoms with van der Waals surface area (Å²) in [6.07, 6.45) is 9.08. The number of carbonyl (C=O) groups excluding carboxylic acids is 2. The highest BCUT2D eigenvalue weighted by atomic mass is 32.2. The maximum absolute atomic E-state index is 13.5. The molecule has 1 saturated heterocycles. The molecule has 2 heterocycles. The summed E-state index contributed by atoms with van der Waals surface area (Å²) in [6.45, 7) is 4.20. The van der Waals surface area contributed by atoms with Gasteiger partial charge in [0.2, 0.25) is 15.9 Å². The molecule has 1 aromatic rings. The average Bonchev–Trinajstić information content (AvgIpc) is 2.80. The molecule has 0 radical (unpaired) electrons. The fourth-order valence-electron chi connectivity index (χ4n) is 5.25. The van der Waals surface area contributed by atoms with E-state index in [0.29, 0.717) is 49.4 Å². The summed E-state index contributed by atoms with van der Waals surface area (Å²) in [6, 6.07) is 3.43. The summed E-state index contributed by atoms with van der Waals surface area (Å²) in [5.74, 6) is 0.0848. The Morgan fingerprint density at radius 3 is 2.38 bits per heavy atom. The predicted octanol–water partition coefficient (Wildman–Crippen LogP) is 3.73. The van der Waals surface area contributed by atoms with Crippen LogP contribution in [0.2, 0.25) is 0 Å². The number of hydrogen-bond acceptors (Lipinski definition) is 5. The lowest BCUT2D eigenvalue weighted by Gasteiger charge is -2.32. The van der Waals surface area contributed by atoms with Gasteiger partial charge in [-0.1, -0.05) is 39.0 Å². The van der Waals surface area contributed by atoms with Gasteiger partial charge >= 0.3 is 0 Å². The van der Waals surface area contributed by atoms with Crippen molar-refractivity contribution in [3.8, 4) is 5.75 Å². The molecule has 4 rings (SSSR count). The third-order valence-electron chi connectivity index (χ3n) is 7.36. The highest BCUT2D eigenvalue weighted by molar-refractivity contribution is 7.89. The fourth-order valence-corrected chi connectivity index (χ4v) is 6.94. The molecule has 0 unspecified atom stereocenters. The number of aryl methyl sites for hydroxylation is 1. The van der Waals surface area contributed by atoms with E-state index in [1.54, 1.807) is 13.0 Å². The Kier molecular flexibility index (Phi) is 7.82. The fraction of sp³-hybridized carbons (Fsp3) is 0.680. The van der Waals surface area contributed by atoms with Crippen molar-refractivity contribution < 1.29 is 22.7 Å². The van der Waals surface area contributed by atoms with Crippen LogP contribution in [0.15, 0.2) is 17.0 Å². The molecule has 8 nitrogen and oxygen atoms in total. The van der Waals surface area contributed by atoms with E-state index in [2.05, 4.69) is 10.6 Å². The largest absolute Gasteiger partial charge is 0.478 e. The highest BCUT2D eigenvalue weighted by Gasteiger charge is 2.35. The number of hydrogen-bond donors (Lipinski definition) is 2. The van der Waals surface area contributed by atoms with E-state index < -0.39 is 16.1 Å². The van der Waals surface area contributed by atoms with Gasteiger partial charge in [0.05, 0.1) is 10.6 Å². The van der Waals surface area contributed by atoms with Crippen LogP contribution in [0, 0.1) is 12.8 Å². The Labute approximate surface area is 202 Å². The molecule has 34 heavy (non-hydrogen) atoms. The lowest BCUT2D eigenvalue weighted by molar-refractivity contribution is -0.127. The summed E-state index contributed by atoms with van der Waals surface area (Å²) in [5, 5.41) is 6.04. The molecular weight excluding hydrogens is 454 g/mol. The lowest BCUT2D eigenvalue weighted by Crippen LogP contribution is -2.45. The molecule has 1 atom stereocenters. The molecule has 1 aliphatic carbocycles. The van der Waals surface area contributed by atoms with E-state index in [1.807, 2.05) is 6.92 Å². The van der Waals surface area contributed by atoms with Gasteiger partial charge in [0.1, 0.15) is 5.75 Å². The van der Waals surface area contributed by atoms with Crippen molar-refractivity contribution in [2.75, 3.05) is 18.4 Å². The van der Waals surface area contributed by atoms with Gasteiger partial charge in [0.15, 0.2) is 6.10 Å². The van der Waals surface area contributed by atoms with E-state index >= 15 is 0 Å². The van der Waals surface area contributed by atoms with Gasteiger partial charge in [-0.15, -0.1) is 0 Å². The SMILES string of the molecule is CC[C@H]1Oc2cc(S(=O)(=O)N3CCC(C(=O)NC4CCCCCCC4)CC3)c(C)cc2NC1=O. The monoisotopic (exact) mass is 491 g/mol. The molecule has 2 N–H and O–H groups in total. The van der Waals surface area contributed by atoms with E-state index in [1.165, 1.54) is 29.6 Å². The predicted molar refractivity (Wildman–Crippen MR) is 130 cm³/mol. The van der Waals surface area contributed by atoms with Crippen LogP contribution in [-0.4, -0.2) is 49.8 Å². The molecular formula is C25H37N3O5S. The number of sulfonamides is 1. The first-order chi connectivity index (χ1) is 16.3. The van der Waals surface area contributed by atoms with Crippen LogP contribution in [0.5, 0.6) is 5.75 Å². The van der Waals surface area contributed by atoms with Crippen molar-refractivity contribution >= 4 is 27.5 Å². The molecule has 2 aliphatic heterocycles. The van der Waals surface area contributed by atoms with E-state index in [9.17, 15) is 18.0 Å². The Morgan fingerprint density at radius 2 is 1.74 bits per heavy atom. The number of fused-ring (bicyclic) bond motifs is 1. The Bertz CT molecular complexity index is 1010. The van der Waals surface area contributed by atoms with Crippen LogP contribution >= 0.6 is 0 Å². The first kappa shape index (κ1) is 25.0. The minimum atomic E-state index is -3.74. The van der Waals surface area contributed by atoms with Gasteiger partial charge in [0, 0.05) is 31.1 Å². The zero-order chi connectivity index (χ0) is 24.3. The maximum atomic E-state index is 13.5. The van der Waals surface area contributed by atoms with Crippen LogP contribution < -0.4 is 15.4 Å². The molecule has 0 spiro atoms. The van der Waals surface area contributed by atoms with Crippen molar-refractivity contribution in [3.05, 3.63) is 17.7 Å².